The predicted octanol–water partition coefficient (Wildman–Crippen LogP) is 0.0524. The monoisotopic (exact) mass is 356 g/mol. The summed E-state index contributed by atoms with van der Waals surface area (Å²) in [7, 11) is -7.38. The van der Waals surface area contributed by atoms with E-state index in [-0.39, 0.29) is 16.3 Å². The number of aromatic carboxylic acids is 1. The van der Waals surface area contributed by atoms with E-state index in [1.807, 2.05) is 0 Å². The van der Waals surface area contributed by atoms with E-state index in [0.717, 1.165) is 23.7 Å². The number of hydrogen-bond donors (Lipinski definition) is 3. The van der Waals surface area contributed by atoms with Crippen LogP contribution in [0.1, 0.15) is 23.5 Å². The summed E-state index contributed by atoms with van der Waals surface area (Å²) in [5, 5.41) is 9.98. The second kappa shape index (κ2) is 6.01. The van der Waals surface area contributed by atoms with E-state index in [0.29, 0.717) is 0 Å². The van der Waals surface area contributed by atoms with Gasteiger partial charge in [0, 0.05) is 17.5 Å². The topological polar surface area (TPSA) is 130 Å². The van der Waals surface area contributed by atoms with Gasteiger partial charge in [-0.2, -0.15) is 0 Å². The van der Waals surface area contributed by atoms with Gasteiger partial charge in [-0.25, -0.2) is 31.1 Å². The smallest absolute Gasteiger partial charge is 0.345 e. The zero-order valence-electron chi connectivity index (χ0n) is 11.6. The molecule has 1 rings (SSSR count). The fourth-order valence-electron chi connectivity index (χ4n) is 1.47. The van der Waals surface area contributed by atoms with E-state index in [2.05, 4.69) is 9.44 Å². The highest BCUT2D eigenvalue weighted by Gasteiger charge is 2.26. The van der Waals surface area contributed by atoms with Crippen LogP contribution in [0.3, 0.4) is 0 Å². The third kappa shape index (κ3) is 5.71. The SMILES string of the molecule is CC(C)(CNS(=O)(=O)c1csc(C(=O)O)c1)NS(C)(=O)=O. The first kappa shape index (κ1) is 18.0. The van der Waals surface area contributed by atoms with E-state index in [4.69, 9.17) is 5.11 Å². The predicted molar refractivity (Wildman–Crippen MR) is 78.5 cm³/mol. The molecule has 0 radical (unpaired) electrons. The molecule has 1 aromatic rings. The van der Waals surface area contributed by atoms with Crippen LogP contribution in [-0.4, -0.2) is 46.3 Å². The van der Waals surface area contributed by atoms with Crippen molar-refractivity contribution in [2.45, 2.75) is 24.3 Å². The summed E-state index contributed by atoms with van der Waals surface area (Å²) >= 11 is 0.798. The number of carboxylic acid groups (broad SMARTS) is 1. The summed E-state index contributed by atoms with van der Waals surface area (Å²) in [6.07, 6.45) is 0.973. The first-order chi connectivity index (χ1) is 9.32. The molecule has 0 fully saturated rings. The van der Waals surface area contributed by atoms with E-state index >= 15 is 0 Å². The average molecular weight is 356 g/mol. The molecule has 0 aromatic carbocycles. The van der Waals surface area contributed by atoms with Crippen molar-refractivity contribution in [2.75, 3.05) is 12.8 Å². The van der Waals surface area contributed by atoms with Crippen LogP contribution < -0.4 is 9.44 Å². The van der Waals surface area contributed by atoms with Gasteiger partial charge in [-0.3, -0.25) is 0 Å². The van der Waals surface area contributed by atoms with Crippen molar-refractivity contribution < 1.29 is 26.7 Å². The van der Waals surface area contributed by atoms with Crippen LogP contribution in [0.4, 0.5) is 0 Å². The van der Waals surface area contributed by atoms with Gasteiger partial charge in [-0.05, 0) is 19.9 Å². The largest absolute Gasteiger partial charge is 0.477 e. The van der Waals surface area contributed by atoms with E-state index in [9.17, 15) is 21.6 Å². The van der Waals surface area contributed by atoms with E-state index in [1.54, 1.807) is 0 Å². The van der Waals surface area contributed by atoms with Gasteiger partial charge >= 0.3 is 5.97 Å². The molecule has 0 aliphatic heterocycles. The molecule has 21 heavy (non-hydrogen) atoms. The van der Waals surface area contributed by atoms with Crippen LogP contribution in [-0.2, 0) is 20.0 Å². The van der Waals surface area contributed by atoms with Crippen LogP contribution >= 0.6 is 11.3 Å². The highest BCUT2D eigenvalue weighted by atomic mass is 32.2. The van der Waals surface area contributed by atoms with Crippen molar-refractivity contribution in [1.29, 1.82) is 0 Å². The molecule has 0 bridgehead atoms. The van der Waals surface area contributed by atoms with Crippen LogP contribution in [0, 0.1) is 0 Å². The molecule has 0 spiro atoms. The van der Waals surface area contributed by atoms with Crippen molar-refractivity contribution in [1.82, 2.24) is 9.44 Å². The lowest BCUT2D eigenvalue weighted by molar-refractivity contribution is 0.0702. The van der Waals surface area contributed by atoms with Crippen LogP contribution in [0.25, 0.3) is 0 Å². The van der Waals surface area contributed by atoms with Crippen LogP contribution in [0.2, 0.25) is 0 Å². The van der Waals surface area contributed by atoms with Crippen molar-refractivity contribution in [3.8, 4) is 0 Å². The number of nitrogens with one attached hydrogen (secondary N) is 2. The Kier molecular flexibility index (Phi) is 5.16. The molecule has 120 valence electrons. The maximum atomic E-state index is 12.0. The summed E-state index contributed by atoms with van der Waals surface area (Å²) in [5.41, 5.74) is -1.02. The summed E-state index contributed by atoms with van der Waals surface area (Å²) in [6.45, 7) is 2.86. The van der Waals surface area contributed by atoms with E-state index in [1.165, 1.54) is 19.2 Å². The molecule has 11 heteroatoms. The molecule has 0 saturated carbocycles. The van der Waals surface area contributed by atoms with Gasteiger partial charge in [0.1, 0.15) is 4.88 Å². The lowest BCUT2D eigenvalue weighted by Crippen LogP contribution is -2.50. The lowest BCUT2D eigenvalue weighted by Gasteiger charge is -2.25. The molecule has 1 aromatic heterocycles. The van der Waals surface area contributed by atoms with Crippen molar-refractivity contribution in [2.24, 2.45) is 0 Å². The quantitative estimate of drug-likeness (QED) is 0.633. The number of sulfonamides is 2. The number of carbonyl (C=O) groups is 1. The highest BCUT2D eigenvalue weighted by molar-refractivity contribution is 7.89. The molecular formula is C10H16N2O6S3. The minimum absolute atomic E-state index is 0.0936. The first-order valence-electron chi connectivity index (χ1n) is 5.63. The molecular weight excluding hydrogens is 340 g/mol. The zero-order chi connectivity index (χ0) is 16.5. The Bertz CT molecular complexity index is 733. The second-order valence-corrected chi connectivity index (χ2v) is 9.46. The molecule has 0 unspecified atom stereocenters. The maximum Gasteiger partial charge on any atom is 0.345 e. The molecule has 3 N–H and O–H groups in total. The average Bonchev–Trinajstić information content (AvgIpc) is 2.73. The fourth-order valence-corrected chi connectivity index (χ4v) is 4.87. The van der Waals surface area contributed by atoms with Crippen molar-refractivity contribution >= 4 is 37.4 Å². The lowest BCUT2D eigenvalue weighted by atomic mass is 10.1. The zero-order valence-corrected chi connectivity index (χ0v) is 14.0. The Morgan fingerprint density at radius 2 is 1.90 bits per heavy atom. The molecule has 8 nitrogen and oxygen atoms in total. The minimum Gasteiger partial charge on any atom is -0.477 e. The molecule has 1 heterocycles. The van der Waals surface area contributed by atoms with Gasteiger partial charge in [-0.1, -0.05) is 0 Å². The van der Waals surface area contributed by atoms with Gasteiger partial charge in [-0.15, -0.1) is 11.3 Å². The maximum absolute atomic E-state index is 12.0. The standard InChI is InChI=1S/C10H16N2O6S3/c1-10(2,12-20(3,15)16)6-11-21(17,18)7-4-8(9(13)14)19-5-7/h4-5,11-12H,6H2,1-3H3,(H,13,14). The molecule has 0 saturated heterocycles. The molecule has 0 atom stereocenters. The fraction of sp³-hybridized carbons (Fsp3) is 0.500. The van der Waals surface area contributed by atoms with Crippen LogP contribution in [0.15, 0.2) is 16.3 Å². The van der Waals surface area contributed by atoms with Gasteiger partial charge in [0.2, 0.25) is 20.0 Å². The van der Waals surface area contributed by atoms with Crippen molar-refractivity contribution in [3.05, 3.63) is 16.3 Å². The Morgan fingerprint density at radius 3 is 2.33 bits per heavy atom. The number of rotatable bonds is 7. The van der Waals surface area contributed by atoms with Gasteiger partial charge in [0.25, 0.3) is 0 Å². The van der Waals surface area contributed by atoms with E-state index < -0.39 is 31.6 Å². The van der Waals surface area contributed by atoms with Gasteiger partial charge < -0.3 is 5.11 Å². The summed E-state index contributed by atoms with van der Waals surface area (Å²) in [4.78, 5) is 10.5. The Morgan fingerprint density at radius 1 is 1.33 bits per heavy atom. The Hall–Kier alpha value is -1.01. The number of carboxylic acids is 1. The summed E-state index contributed by atoms with van der Waals surface area (Å²) < 4.78 is 50.9. The number of thiophene rings is 1. The first-order valence-corrected chi connectivity index (χ1v) is 9.88. The number of hydrogen-bond acceptors (Lipinski definition) is 6. The Balaban J connectivity index is 2.83. The third-order valence-electron chi connectivity index (χ3n) is 2.26. The second-order valence-electron chi connectivity index (χ2n) is 5.03. The summed E-state index contributed by atoms with van der Waals surface area (Å²) in [6, 6.07) is 1.05. The normalized spacial score (nSPS) is 13.3. The molecule has 0 aliphatic rings. The highest BCUT2D eigenvalue weighted by Crippen LogP contribution is 2.19. The van der Waals surface area contributed by atoms with Crippen LogP contribution in [0.5, 0.6) is 0 Å². The van der Waals surface area contributed by atoms with Gasteiger partial charge in [0.15, 0.2) is 0 Å². The summed E-state index contributed by atoms with van der Waals surface area (Å²) in [5.74, 6) is -1.21. The Labute approximate surface area is 127 Å². The molecule has 0 amide bonds. The minimum atomic E-state index is -3.90. The van der Waals surface area contributed by atoms with Crippen molar-refractivity contribution in [3.63, 3.8) is 0 Å². The third-order valence-corrected chi connectivity index (χ3v) is 5.63. The van der Waals surface area contributed by atoms with Gasteiger partial charge in [0.05, 0.1) is 11.2 Å². The molecule has 0 aliphatic carbocycles.